The summed E-state index contributed by atoms with van der Waals surface area (Å²) in [6.45, 7) is 8.37. The van der Waals surface area contributed by atoms with Crippen LogP contribution in [0.4, 0.5) is 0 Å². The Labute approximate surface area is 92.0 Å². The third-order valence-corrected chi connectivity index (χ3v) is 2.91. The second kappa shape index (κ2) is 5.33. The Bertz CT molecular complexity index is 307. The molecule has 0 radical (unpaired) electrons. The molecule has 0 aliphatic carbocycles. The van der Waals surface area contributed by atoms with Crippen LogP contribution in [0.5, 0.6) is 0 Å². The molecule has 86 valence electrons. The monoisotopic (exact) mass is 210 g/mol. The van der Waals surface area contributed by atoms with E-state index in [1.165, 1.54) is 18.4 Å². The van der Waals surface area contributed by atoms with Gasteiger partial charge in [-0.25, -0.2) is 0 Å². The summed E-state index contributed by atoms with van der Waals surface area (Å²) in [5.41, 5.74) is 4.09. The fourth-order valence-corrected chi connectivity index (χ4v) is 2.14. The molecule has 1 aromatic heterocycles. The summed E-state index contributed by atoms with van der Waals surface area (Å²) in [6.07, 6.45) is 2.34. The molecule has 2 atom stereocenters. The molecule has 3 N–H and O–H groups in total. The van der Waals surface area contributed by atoms with Crippen LogP contribution in [0.25, 0.3) is 0 Å². The molecule has 0 aromatic carbocycles. The molecule has 3 heteroatoms. The van der Waals surface area contributed by atoms with E-state index in [2.05, 4.69) is 25.3 Å². The van der Waals surface area contributed by atoms with Crippen LogP contribution >= 0.6 is 0 Å². The first-order chi connectivity index (χ1) is 7.10. The maximum atomic E-state index is 5.62. The zero-order chi connectivity index (χ0) is 11.4. The minimum absolute atomic E-state index is 0.197. The van der Waals surface area contributed by atoms with Gasteiger partial charge in [-0.05, 0) is 32.3 Å². The summed E-state index contributed by atoms with van der Waals surface area (Å²) in [5.74, 6) is 8.07. The van der Waals surface area contributed by atoms with Crippen molar-refractivity contribution in [1.29, 1.82) is 0 Å². The summed E-state index contributed by atoms with van der Waals surface area (Å²) in [7, 11) is 0. The molecule has 0 saturated heterocycles. The standard InChI is InChI=1S/C12H22N2O/c1-5-6-8(2)12(14-13)11-7-9(3)15-10(11)4/h7-8,12,14H,5-6,13H2,1-4H3. The highest BCUT2D eigenvalue weighted by Gasteiger charge is 2.21. The zero-order valence-electron chi connectivity index (χ0n) is 10.1. The maximum Gasteiger partial charge on any atom is 0.105 e. The lowest BCUT2D eigenvalue weighted by Gasteiger charge is -2.22. The molecule has 1 heterocycles. The van der Waals surface area contributed by atoms with Gasteiger partial charge in [-0.15, -0.1) is 0 Å². The minimum atomic E-state index is 0.197. The van der Waals surface area contributed by atoms with E-state index >= 15 is 0 Å². The first-order valence-electron chi connectivity index (χ1n) is 5.63. The molecule has 0 aliphatic rings. The van der Waals surface area contributed by atoms with Crippen molar-refractivity contribution in [2.45, 2.75) is 46.6 Å². The molecule has 15 heavy (non-hydrogen) atoms. The van der Waals surface area contributed by atoms with E-state index in [1.807, 2.05) is 13.8 Å². The molecular formula is C12H22N2O. The number of rotatable bonds is 5. The highest BCUT2D eigenvalue weighted by atomic mass is 16.3. The molecule has 0 bridgehead atoms. The fraction of sp³-hybridized carbons (Fsp3) is 0.667. The second-order valence-electron chi connectivity index (χ2n) is 4.28. The van der Waals surface area contributed by atoms with Gasteiger partial charge in [-0.2, -0.15) is 0 Å². The summed E-state index contributed by atoms with van der Waals surface area (Å²) < 4.78 is 5.53. The summed E-state index contributed by atoms with van der Waals surface area (Å²) in [5, 5.41) is 0. The Morgan fingerprint density at radius 2 is 2.13 bits per heavy atom. The molecule has 0 amide bonds. The van der Waals surface area contributed by atoms with Crippen molar-refractivity contribution in [2.75, 3.05) is 0 Å². The molecule has 2 unspecified atom stereocenters. The number of nitrogens with two attached hydrogens (primary N) is 1. The highest BCUT2D eigenvalue weighted by Crippen LogP contribution is 2.29. The number of hydrazine groups is 1. The number of aryl methyl sites for hydroxylation is 2. The van der Waals surface area contributed by atoms with Crippen LogP contribution in [-0.2, 0) is 0 Å². The Balaban J connectivity index is 2.86. The highest BCUT2D eigenvalue weighted by molar-refractivity contribution is 5.24. The molecule has 0 fully saturated rings. The second-order valence-corrected chi connectivity index (χ2v) is 4.28. The van der Waals surface area contributed by atoms with Gasteiger partial charge in [-0.1, -0.05) is 20.3 Å². The molecule has 1 rings (SSSR count). The molecule has 0 saturated carbocycles. The third kappa shape index (κ3) is 2.83. The number of hydrogen-bond donors (Lipinski definition) is 2. The van der Waals surface area contributed by atoms with Gasteiger partial charge in [0.1, 0.15) is 11.5 Å². The van der Waals surface area contributed by atoms with Crippen LogP contribution in [0.15, 0.2) is 10.5 Å². The zero-order valence-corrected chi connectivity index (χ0v) is 10.1. The third-order valence-electron chi connectivity index (χ3n) is 2.91. The minimum Gasteiger partial charge on any atom is -0.466 e. The molecule has 0 aliphatic heterocycles. The fourth-order valence-electron chi connectivity index (χ4n) is 2.14. The molecule has 3 nitrogen and oxygen atoms in total. The van der Waals surface area contributed by atoms with Gasteiger partial charge >= 0.3 is 0 Å². The average molecular weight is 210 g/mol. The predicted octanol–water partition coefficient (Wildman–Crippen LogP) is 2.84. The summed E-state index contributed by atoms with van der Waals surface area (Å²) >= 11 is 0. The molecular weight excluding hydrogens is 188 g/mol. The lowest BCUT2D eigenvalue weighted by atomic mass is 9.91. The smallest absolute Gasteiger partial charge is 0.105 e. The van der Waals surface area contributed by atoms with E-state index in [0.29, 0.717) is 5.92 Å². The van der Waals surface area contributed by atoms with E-state index in [1.54, 1.807) is 0 Å². The van der Waals surface area contributed by atoms with Crippen molar-refractivity contribution in [3.63, 3.8) is 0 Å². The van der Waals surface area contributed by atoms with Crippen LogP contribution in [0.1, 0.15) is 49.8 Å². The lowest BCUT2D eigenvalue weighted by Crippen LogP contribution is -2.32. The number of hydrogen-bond acceptors (Lipinski definition) is 3. The van der Waals surface area contributed by atoms with Crippen LogP contribution in [0.3, 0.4) is 0 Å². The summed E-state index contributed by atoms with van der Waals surface area (Å²) in [4.78, 5) is 0. The average Bonchev–Trinajstić information content (AvgIpc) is 2.47. The van der Waals surface area contributed by atoms with Gasteiger partial charge in [0.15, 0.2) is 0 Å². The molecule has 1 aromatic rings. The van der Waals surface area contributed by atoms with Gasteiger partial charge < -0.3 is 4.42 Å². The predicted molar refractivity (Wildman–Crippen MR) is 62.3 cm³/mol. The van der Waals surface area contributed by atoms with Crippen molar-refractivity contribution in [3.8, 4) is 0 Å². The van der Waals surface area contributed by atoms with Crippen LogP contribution < -0.4 is 11.3 Å². The SMILES string of the molecule is CCCC(C)C(NN)c1cc(C)oc1C. The quantitative estimate of drug-likeness (QED) is 0.580. The van der Waals surface area contributed by atoms with Gasteiger partial charge in [0.05, 0.1) is 6.04 Å². The summed E-state index contributed by atoms with van der Waals surface area (Å²) in [6, 6.07) is 2.27. The Hall–Kier alpha value is -0.800. The van der Waals surface area contributed by atoms with Crippen molar-refractivity contribution in [2.24, 2.45) is 11.8 Å². The van der Waals surface area contributed by atoms with Gasteiger partial charge in [0.25, 0.3) is 0 Å². The van der Waals surface area contributed by atoms with Gasteiger partial charge in [0, 0.05) is 5.56 Å². The van der Waals surface area contributed by atoms with Crippen LogP contribution in [-0.4, -0.2) is 0 Å². The van der Waals surface area contributed by atoms with Crippen LogP contribution in [0.2, 0.25) is 0 Å². The van der Waals surface area contributed by atoms with Gasteiger partial charge in [0.2, 0.25) is 0 Å². The number of furan rings is 1. The van der Waals surface area contributed by atoms with Gasteiger partial charge in [-0.3, -0.25) is 11.3 Å². The first kappa shape index (κ1) is 12.3. The largest absolute Gasteiger partial charge is 0.466 e. The van der Waals surface area contributed by atoms with Crippen molar-refractivity contribution >= 4 is 0 Å². The van der Waals surface area contributed by atoms with E-state index in [9.17, 15) is 0 Å². The number of nitrogens with one attached hydrogen (secondary N) is 1. The van der Waals surface area contributed by atoms with E-state index in [4.69, 9.17) is 10.3 Å². The Kier molecular flexibility index (Phi) is 4.36. The van der Waals surface area contributed by atoms with E-state index < -0.39 is 0 Å². The Morgan fingerprint density at radius 1 is 1.47 bits per heavy atom. The van der Waals surface area contributed by atoms with Crippen LogP contribution in [0, 0.1) is 19.8 Å². The Morgan fingerprint density at radius 3 is 2.53 bits per heavy atom. The normalized spacial score (nSPS) is 15.3. The maximum absolute atomic E-state index is 5.62. The topological polar surface area (TPSA) is 51.2 Å². The van der Waals surface area contributed by atoms with E-state index in [-0.39, 0.29) is 6.04 Å². The van der Waals surface area contributed by atoms with Crippen molar-refractivity contribution in [1.82, 2.24) is 5.43 Å². The van der Waals surface area contributed by atoms with Crippen molar-refractivity contribution < 1.29 is 4.42 Å². The first-order valence-corrected chi connectivity index (χ1v) is 5.63. The lowest BCUT2D eigenvalue weighted by molar-refractivity contribution is 0.362. The van der Waals surface area contributed by atoms with E-state index in [0.717, 1.165) is 11.5 Å². The van der Waals surface area contributed by atoms with Crippen molar-refractivity contribution in [3.05, 3.63) is 23.2 Å². The molecule has 0 spiro atoms.